The largest absolute Gasteiger partial charge is 0.396 e. The van der Waals surface area contributed by atoms with Crippen molar-refractivity contribution >= 4 is 11.6 Å². The molecule has 0 radical (unpaired) electrons. The standard InChI is InChI=1S/C17H27ClN2O/c1-2-16(19)17(14-7-3-4-8-15(14)18)20-10-5-6-13(12-20)9-11-21/h3-4,7-8,13,16-17,21H,2,5-6,9-12,19H2,1H3. The van der Waals surface area contributed by atoms with E-state index in [0.717, 1.165) is 36.5 Å². The van der Waals surface area contributed by atoms with Crippen LogP contribution < -0.4 is 5.73 Å². The van der Waals surface area contributed by atoms with Crippen LogP contribution in [0.5, 0.6) is 0 Å². The van der Waals surface area contributed by atoms with Crippen LogP contribution in [0.2, 0.25) is 5.02 Å². The lowest BCUT2D eigenvalue weighted by atomic mass is 9.89. The summed E-state index contributed by atoms with van der Waals surface area (Å²) in [7, 11) is 0. The Morgan fingerprint density at radius 1 is 1.43 bits per heavy atom. The van der Waals surface area contributed by atoms with Gasteiger partial charge in [-0.3, -0.25) is 4.90 Å². The predicted octanol–water partition coefficient (Wildman–Crippen LogP) is 3.21. The maximum absolute atomic E-state index is 9.20. The van der Waals surface area contributed by atoms with E-state index in [-0.39, 0.29) is 18.7 Å². The number of nitrogens with two attached hydrogens (primary N) is 1. The number of piperidine rings is 1. The monoisotopic (exact) mass is 310 g/mol. The number of hydrogen-bond donors (Lipinski definition) is 2. The van der Waals surface area contributed by atoms with Crippen LogP contribution in [0.1, 0.15) is 44.2 Å². The third kappa shape index (κ3) is 4.19. The van der Waals surface area contributed by atoms with Gasteiger partial charge in [0.15, 0.2) is 0 Å². The maximum atomic E-state index is 9.20. The molecule has 1 fully saturated rings. The average Bonchev–Trinajstić information content (AvgIpc) is 2.50. The third-order valence-electron chi connectivity index (χ3n) is 4.58. The number of benzene rings is 1. The lowest BCUT2D eigenvalue weighted by molar-refractivity contribution is 0.0931. The van der Waals surface area contributed by atoms with E-state index in [1.807, 2.05) is 18.2 Å². The number of aliphatic hydroxyl groups excluding tert-OH is 1. The topological polar surface area (TPSA) is 49.5 Å². The van der Waals surface area contributed by atoms with Crippen LogP contribution in [-0.2, 0) is 0 Å². The van der Waals surface area contributed by atoms with Gasteiger partial charge in [-0.05, 0) is 49.8 Å². The van der Waals surface area contributed by atoms with Gasteiger partial charge in [-0.15, -0.1) is 0 Å². The highest BCUT2D eigenvalue weighted by molar-refractivity contribution is 6.31. The fourth-order valence-corrected chi connectivity index (χ4v) is 3.65. The number of rotatable bonds is 6. The molecule has 0 spiro atoms. The van der Waals surface area contributed by atoms with Crippen molar-refractivity contribution in [2.24, 2.45) is 11.7 Å². The molecule has 1 saturated heterocycles. The minimum Gasteiger partial charge on any atom is -0.396 e. The number of nitrogens with zero attached hydrogens (tertiary/aromatic N) is 1. The Morgan fingerprint density at radius 3 is 2.86 bits per heavy atom. The van der Waals surface area contributed by atoms with Gasteiger partial charge in [0.25, 0.3) is 0 Å². The summed E-state index contributed by atoms with van der Waals surface area (Å²) in [5, 5.41) is 10.00. The van der Waals surface area contributed by atoms with Crippen molar-refractivity contribution in [1.82, 2.24) is 4.90 Å². The number of hydrogen-bond acceptors (Lipinski definition) is 3. The quantitative estimate of drug-likeness (QED) is 0.848. The van der Waals surface area contributed by atoms with Crippen molar-refractivity contribution in [3.8, 4) is 0 Å². The molecule has 0 saturated carbocycles. The molecule has 1 aromatic rings. The number of aliphatic hydroxyl groups is 1. The summed E-state index contributed by atoms with van der Waals surface area (Å²) in [6.45, 7) is 4.47. The molecule has 0 aromatic heterocycles. The van der Waals surface area contributed by atoms with Crippen LogP contribution in [-0.4, -0.2) is 35.7 Å². The van der Waals surface area contributed by atoms with Gasteiger partial charge in [-0.2, -0.15) is 0 Å². The van der Waals surface area contributed by atoms with Gasteiger partial charge in [-0.25, -0.2) is 0 Å². The number of likely N-dealkylation sites (tertiary alicyclic amines) is 1. The summed E-state index contributed by atoms with van der Waals surface area (Å²) in [6.07, 6.45) is 4.18. The van der Waals surface area contributed by atoms with Crippen molar-refractivity contribution in [2.45, 2.75) is 44.7 Å². The van der Waals surface area contributed by atoms with Crippen LogP contribution in [0.15, 0.2) is 24.3 Å². The molecule has 0 bridgehead atoms. The molecule has 0 aliphatic carbocycles. The van der Waals surface area contributed by atoms with Crippen LogP contribution in [0.4, 0.5) is 0 Å². The van der Waals surface area contributed by atoms with Gasteiger partial charge in [0.1, 0.15) is 0 Å². The van der Waals surface area contributed by atoms with Crippen molar-refractivity contribution < 1.29 is 5.11 Å². The van der Waals surface area contributed by atoms with Gasteiger partial charge >= 0.3 is 0 Å². The molecule has 1 aliphatic rings. The van der Waals surface area contributed by atoms with E-state index in [4.69, 9.17) is 17.3 Å². The van der Waals surface area contributed by atoms with Crippen molar-refractivity contribution in [3.63, 3.8) is 0 Å². The van der Waals surface area contributed by atoms with Crippen LogP contribution in [0.3, 0.4) is 0 Å². The molecular formula is C17H27ClN2O. The van der Waals surface area contributed by atoms with Crippen molar-refractivity contribution in [2.75, 3.05) is 19.7 Å². The summed E-state index contributed by atoms with van der Waals surface area (Å²) in [5.74, 6) is 0.567. The molecule has 4 heteroatoms. The lowest BCUT2D eigenvalue weighted by Gasteiger charge is -2.41. The van der Waals surface area contributed by atoms with Crippen LogP contribution >= 0.6 is 11.6 Å². The SMILES string of the molecule is CCC(N)C(c1ccccc1Cl)N1CCCC(CCO)C1. The number of halogens is 1. The third-order valence-corrected chi connectivity index (χ3v) is 4.93. The molecule has 1 aliphatic heterocycles. The molecule has 1 aromatic carbocycles. The van der Waals surface area contributed by atoms with Gasteiger partial charge < -0.3 is 10.8 Å². The van der Waals surface area contributed by atoms with E-state index in [0.29, 0.717) is 5.92 Å². The zero-order chi connectivity index (χ0) is 15.2. The van der Waals surface area contributed by atoms with E-state index in [1.54, 1.807) is 0 Å². The molecule has 2 rings (SSSR count). The summed E-state index contributed by atoms with van der Waals surface area (Å²) in [6, 6.07) is 8.29. The first-order valence-corrected chi connectivity index (χ1v) is 8.40. The summed E-state index contributed by atoms with van der Waals surface area (Å²) in [5.41, 5.74) is 7.56. The summed E-state index contributed by atoms with van der Waals surface area (Å²) < 4.78 is 0. The van der Waals surface area contributed by atoms with Crippen LogP contribution in [0, 0.1) is 5.92 Å². The molecule has 21 heavy (non-hydrogen) atoms. The summed E-state index contributed by atoms with van der Waals surface area (Å²) >= 11 is 6.41. The highest BCUT2D eigenvalue weighted by Crippen LogP contribution is 2.34. The van der Waals surface area contributed by atoms with Crippen molar-refractivity contribution in [3.05, 3.63) is 34.9 Å². The smallest absolute Gasteiger partial charge is 0.0513 e. The summed E-state index contributed by atoms with van der Waals surface area (Å²) in [4.78, 5) is 2.47. The van der Waals surface area contributed by atoms with Gasteiger partial charge in [0, 0.05) is 24.2 Å². The molecule has 3 N–H and O–H groups in total. The van der Waals surface area contributed by atoms with Gasteiger partial charge in [0.05, 0.1) is 6.04 Å². The lowest BCUT2D eigenvalue weighted by Crippen LogP contribution is -2.45. The highest BCUT2D eigenvalue weighted by Gasteiger charge is 2.31. The Hall–Kier alpha value is -0.610. The second-order valence-corrected chi connectivity index (χ2v) is 6.46. The van der Waals surface area contributed by atoms with E-state index >= 15 is 0 Å². The zero-order valence-corrected chi connectivity index (χ0v) is 13.6. The Kier molecular flexibility index (Phi) is 6.49. The first-order chi connectivity index (χ1) is 10.2. The fraction of sp³-hybridized carbons (Fsp3) is 0.647. The Morgan fingerprint density at radius 2 is 2.19 bits per heavy atom. The van der Waals surface area contributed by atoms with E-state index in [1.165, 1.54) is 12.8 Å². The second kappa shape index (κ2) is 8.14. The maximum Gasteiger partial charge on any atom is 0.0513 e. The highest BCUT2D eigenvalue weighted by atomic mass is 35.5. The molecular weight excluding hydrogens is 284 g/mol. The minimum atomic E-state index is 0.0813. The Labute approximate surface area is 133 Å². The molecule has 0 amide bonds. The average molecular weight is 311 g/mol. The van der Waals surface area contributed by atoms with E-state index in [9.17, 15) is 5.11 Å². The molecule has 1 heterocycles. The Bertz CT molecular complexity index is 439. The molecule has 118 valence electrons. The molecule has 3 nitrogen and oxygen atoms in total. The van der Waals surface area contributed by atoms with E-state index in [2.05, 4.69) is 17.9 Å². The first-order valence-electron chi connectivity index (χ1n) is 8.02. The zero-order valence-electron chi connectivity index (χ0n) is 12.8. The van der Waals surface area contributed by atoms with E-state index < -0.39 is 0 Å². The molecule has 3 atom stereocenters. The van der Waals surface area contributed by atoms with Gasteiger partial charge in [-0.1, -0.05) is 36.7 Å². The second-order valence-electron chi connectivity index (χ2n) is 6.05. The molecule has 3 unspecified atom stereocenters. The minimum absolute atomic E-state index is 0.0813. The van der Waals surface area contributed by atoms with Gasteiger partial charge in [0.2, 0.25) is 0 Å². The fourth-order valence-electron chi connectivity index (χ4n) is 3.40. The van der Waals surface area contributed by atoms with Crippen molar-refractivity contribution in [1.29, 1.82) is 0 Å². The Balaban J connectivity index is 2.22. The first kappa shape index (κ1) is 16.8. The van der Waals surface area contributed by atoms with Crippen LogP contribution in [0.25, 0.3) is 0 Å². The normalized spacial score (nSPS) is 23.0. The predicted molar refractivity (Wildman–Crippen MR) is 88.5 cm³/mol.